The molecule has 2 aromatic carbocycles. The summed E-state index contributed by atoms with van der Waals surface area (Å²) in [6.07, 6.45) is 1.74. The smallest absolute Gasteiger partial charge is 0.227 e. The highest BCUT2D eigenvalue weighted by molar-refractivity contribution is 5.84. The summed E-state index contributed by atoms with van der Waals surface area (Å²) in [5.74, 6) is 0.154. The van der Waals surface area contributed by atoms with Gasteiger partial charge in [0.2, 0.25) is 11.8 Å². The van der Waals surface area contributed by atoms with Crippen LogP contribution in [0.2, 0.25) is 0 Å². The van der Waals surface area contributed by atoms with E-state index in [1.54, 1.807) is 4.90 Å². The molecule has 2 amide bonds. The van der Waals surface area contributed by atoms with Gasteiger partial charge in [-0.2, -0.15) is 0 Å². The van der Waals surface area contributed by atoms with Crippen molar-refractivity contribution in [3.63, 3.8) is 0 Å². The normalized spacial score (nSPS) is 17.1. The minimum atomic E-state index is -0.405. The molecular formula is C25H32N2O2. The van der Waals surface area contributed by atoms with Crippen molar-refractivity contribution in [3.05, 3.63) is 60.2 Å². The van der Waals surface area contributed by atoms with E-state index in [1.807, 2.05) is 50.9 Å². The standard InChI is InChI=1S/C25H32N2O2/c1-25(2,3)24(29)27-16-8-11-22(18-27)23(28)26(4)17-19-12-14-21(15-13-19)20-9-6-5-7-10-20/h5-7,9-10,12-15,22H,8,11,16-18H2,1-4H3. The van der Waals surface area contributed by atoms with E-state index >= 15 is 0 Å². The Hall–Kier alpha value is -2.62. The van der Waals surface area contributed by atoms with Gasteiger partial charge in [-0.1, -0.05) is 75.4 Å². The Bertz CT molecular complexity index is 837. The molecular weight excluding hydrogens is 360 g/mol. The van der Waals surface area contributed by atoms with Gasteiger partial charge in [-0.3, -0.25) is 9.59 Å². The Morgan fingerprint density at radius 3 is 2.24 bits per heavy atom. The highest BCUT2D eigenvalue weighted by atomic mass is 16.2. The Morgan fingerprint density at radius 1 is 1.00 bits per heavy atom. The summed E-state index contributed by atoms with van der Waals surface area (Å²) in [6, 6.07) is 18.7. The molecule has 0 bridgehead atoms. The average Bonchev–Trinajstić information content (AvgIpc) is 2.73. The van der Waals surface area contributed by atoms with Gasteiger partial charge in [-0.05, 0) is 29.5 Å². The van der Waals surface area contributed by atoms with Gasteiger partial charge in [-0.15, -0.1) is 0 Å². The van der Waals surface area contributed by atoms with E-state index in [0.29, 0.717) is 13.1 Å². The molecule has 1 saturated heterocycles. The lowest BCUT2D eigenvalue weighted by Gasteiger charge is -2.37. The summed E-state index contributed by atoms with van der Waals surface area (Å²) in [6.45, 7) is 7.68. The maximum Gasteiger partial charge on any atom is 0.227 e. The monoisotopic (exact) mass is 392 g/mol. The first-order chi connectivity index (χ1) is 13.8. The third-order valence-corrected chi connectivity index (χ3v) is 5.56. The van der Waals surface area contributed by atoms with Crippen LogP contribution >= 0.6 is 0 Å². The molecule has 29 heavy (non-hydrogen) atoms. The molecule has 4 heteroatoms. The van der Waals surface area contributed by atoms with Gasteiger partial charge in [0.1, 0.15) is 0 Å². The molecule has 0 saturated carbocycles. The fraction of sp³-hybridized carbons (Fsp3) is 0.440. The molecule has 0 spiro atoms. The molecule has 4 nitrogen and oxygen atoms in total. The van der Waals surface area contributed by atoms with Gasteiger partial charge in [0.05, 0.1) is 5.92 Å². The number of hydrogen-bond acceptors (Lipinski definition) is 2. The van der Waals surface area contributed by atoms with E-state index in [2.05, 4.69) is 36.4 Å². The highest BCUT2D eigenvalue weighted by Crippen LogP contribution is 2.25. The predicted octanol–water partition coefficient (Wildman–Crippen LogP) is 4.60. The quantitative estimate of drug-likeness (QED) is 0.763. The van der Waals surface area contributed by atoms with Crippen LogP contribution in [0.1, 0.15) is 39.2 Å². The molecule has 0 N–H and O–H groups in total. The molecule has 1 unspecified atom stereocenters. The molecule has 2 aromatic rings. The van der Waals surface area contributed by atoms with Gasteiger partial charge in [0, 0.05) is 32.1 Å². The molecule has 0 aromatic heterocycles. The van der Waals surface area contributed by atoms with Gasteiger partial charge in [0.25, 0.3) is 0 Å². The van der Waals surface area contributed by atoms with Crippen LogP contribution < -0.4 is 0 Å². The second-order valence-corrected chi connectivity index (χ2v) is 9.10. The van der Waals surface area contributed by atoms with Crippen molar-refractivity contribution in [3.8, 4) is 11.1 Å². The molecule has 1 atom stereocenters. The maximum atomic E-state index is 13.0. The van der Waals surface area contributed by atoms with Crippen LogP contribution in [0.25, 0.3) is 11.1 Å². The lowest BCUT2D eigenvalue weighted by molar-refractivity contribution is -0.145. The molecule has 1 aliphatic rings. The first-order valence-corrected chi connectivity index (χ1v) is 10.4. The fourth-order valence-corrected chi connectivity index (χ4v) is 3.93. The van der Waals surface area contributed by atoms with E-state index in [1.165, 1.54) is 11.1 Å². The highest BCUT2D eigenvalue weighted by Gasteiger charge is 2.34. The minimum Gasteiger partial charge on any atom is -0.341 e. The van der Waals surface area contributed by atoms with Crippen LogP contribution in [0.5, 0.6) is 0 Å². The number of likely N-dealkylation sites (tertiary alicyclic amines) is 1. The Morgan fingerprint density at radius 2 is 1.62 bits per heavy atom. The number of nitrogens with zero attached hydrogens (tertiary/aromatic N) is 2. The summed E-state index contributed by atoms with van der Waals surface area (Å²) in [7, 11) is 1.86. The zero-order valence-electron chi connectivity index (χ0n) is 18.0. The number of piperidine rings is 1. The van der Waals surface area contributed by atoms with Crippen LogP contribution in [-0.4, -0.2) is 41.8 Å². The number of rotatable bonds is 4. The summed E-state index contributed by atoms with van der Waals surface area (Å²) < 4.78 is 0. The predicted molar refractivity (Wildman–Crippen MR) is 117 cm³/mol. The third-order valence-electron chi connectivity index (χ3n) is 5.56. The van der Waals surface area contributed by atoms with Crippen molar-refractivity contribution in [1.29, 1.82) is 0 Å². The van der Waals surface area contributed by atoms with Crippen molar-refractivity contribution in [2.45, 2.75) is 40.2 Å². The van der Waals surface area contributed by atoms with Crippen molar-refractivity contribution >= 4 is 11.8 Å². The van der Waals surface area contributed by atoms with Crippen LogP contribution in [-0.2, 0) is 16.1 Å². The van der Waals surface area contributed by atoms with Gasteiger partial charge in [0.15, 0.2) is 0 Å². The molecule has 1 heterocycles. The molecule has 154 valence electrons. The van der Waals surface area contributed by atoms with E-state index in [4.69, 9.17) is 0 Å². The van der Waals surface area contributed by atoms with E-state index < -0.39 is 5.41 Å². The SMILES string of the molecule is CN(Cc1ccc(-c2ccccc2)cc1)C(=O)C1CCCN(C(=O)C(C)(C)C)C1. The van der Waals surface area contributed by atoms with E-state index in [9.17, 15) is 9.59 Å². The van der Waals surface area contributed by atoms with Crippen LogP contribution in [0, 0.1) is 11.3 Å². The van der Waals surface area contributed by atoms with Crippen molar-refractivity contribution in [1.82, 2.24) is 9.80 Å². The fourth-order valence-electron chi connectivity index (χ4n) is 3.93. The van der Waals surface area contributed by atoms with Crippen LogP contribution in [0.4, 0.5) is 0 Å². The van der Waals surface area contributed by atoms with E-state index in [-0.39, 0.29) is 17.7 Å². The van der Waals surface area contributed by atoms with Crippen molar-refractivity contribution in [2.75, 3.05) is 20.1 Å². The molecule has 0 aliphatic carbocycles. The zero-order valence-corrected chi connectivity index (χ0v) is 18.0. The van der Waals surface area contributed by atoms with Crippen molar-refractivity contribution < 1.29 is 9.59 Å². The second-order valence-electron chi connectivity index (χ2n) is 9.10. The number of carbonyl (C=O) groups excluding carboxylic acids is 2. The second kappa shape index (κ2) is 8.81. The van der Waals surface area contributed by atoms with Gasteiger partial charge in [-0.25, -0.2) is 0 Å². The number of amides is 2. The summed E-state index contributed by atoms with van der Waals surface area (Å²) in [5.41, 5.74) is 3.07. The average molecular weight is 393 g/mol. The summed E-state index contributed by atoms with van der Waals surface area (Å²) >= 11 is 0. The molecule has 3 rings (SSSR count). The molecule has 1 aliphatic heterocycles. The Kier molecular flexibility index (Phi) is 6.41. The topological polar surface area (TPSA) is 40.6 Å². The van der Waals surface area contributed by atoms with Gasteiger partial charge >= 0.3 is 0 Å². The number of benzene rings is 2. The number of carbonyl (C=O) groups is 2. The lowest BCUT2D eigenvalue weighted by Crippen LogP contribution is -2.48. The first-order valence-electron chi connectivity index (χ1n) is 10.4. The summed E-state index contributed by atoms with van der Waals surface area (Å²) in [4.78, 5) is 29.3. The summed E-state index contributed by atoms with van der Waals surface area (Å²) in [5, 5.41) is 0. The Balaban J connectivity index is 1.61. The minimum absolute atomic E-state index is 0.108. The number of hydrogen-bond donors (Lipinski definition) is 0. The molecule has 1 fully saturated rings. The van der Waals surface area contributed by atoms with Crippen molar-refractivity contribution in [2.24, 2.45) is 11.3 Å². The maximum absolute atomic E-state index is 13.0. The zero-order chi connectivity index (χ0) is 21.0. The van der Waals surface area contributed by atoms with Crippen LogP contribution in [0.15, 0.2) is 54.6 Å². The van der Waals surface area contributed by atoms with Crippen LogP contribution in [0.3, 0.4) is 0 Å². The first kappa shape index (κ1) is 21.1. The molecule has 0 radical (unpaired) electrons. The largest absolute Gasteiger partial charge is 0.341 e. The van der Waals surface area contributed by atoms with E-state index in [0.717, 1.165) is 24.9 Å². The third kappa shape index (κ3) is 5.26. The van der Waals surface area contributed by atoms with Gasteiger partial charge < -0.3 is 9.80 Å². The Labute approximate surface area is 174 Å². The lowest BCUT2D eigenvalue weighted by atomic mass is 9.90.